The van der Waals surface area contributed by atoms with E-state index >= 15 is 0 Å². The zero-order chi connectivity index (χ0) is 9.26. The Morgan fingerprint density at radius 1 is 1.15 bits per heavy atom. The second-order valence-corrected chi connectivity index (χ2v) is 3.88. The number of halogens is 2. The Labute approximate surface area is 87.5 Å². The van der Waals surface area contributed by atoms with Crippen LogP contribution in [0.4, 0.5) is 0 Å². The van der Waals surface area contributed by atoms with E-state index in [2.05, 4.69) is 18.2 Å². The van der Waals surface area contributed by atoms with Crippen LogP contribution in [0.3, 0.4) is 0 Å². The molecule has 1 aromatic carbocycles. The van der Waals surface area contributed by atoms with Gasteiger partial charge < -0.3 is 0 Å². The minimum atomic E-state index is 0.372. The first-order valence-corrected chi connectivity index (χ1v) is 4.85. The summed E-state index contributed by atoms with van der Waals surface area (Å²) < 4.78 is 0.372. The molecule has 0 amide bonds. The number of fused-ring (bicyclic) bond motifs is 1. The zero-order valence-electron chi connectivity index (χ0n) is 6.93. The molecule has 0 fully saturated rings. The fourth-order valence-electron chi connectivity index (χ4n) is 1.51. The Bertz CT molecular complexity index is 385. The summed E-state index contributed by atoms with van der Waals surface area (Å²) in [6.07, 6.45) is 4.98. The van der Waals surface area contributed by atoms with Gasteiger partial charge in [-0.3, -0.25) is 0 Å². The molecular weight excluding hydrogens is 203 g/mol. The van der Waals surface area contributed by atoms with Crippen molar-refractivity contribution < 1.29 is 0 Å². The molecule has 0 spiro atoms. The maximum Gasteiger partial charge on any atom is 0.110 e. The van der Waals surface area contributed by atoms with E-state index in [1.54, 1.807) is 0 Å². The molecule has 0 nitrogen and oxygen atoms in total. The van der Waals surface area contributed by atoms with Crippen LogP contribution in [0.25, 0.3) is 11.6 Å². The van der Waals surface area contributed by atoms with E-state index in [0.29, 0.717) is 4.49 Å². The summed E-state index contributed by atoms with van der Waals surface area (Å²) in [5.41, 5.74) is 3.34. The summed E-state index contributed by atoms with van der Waals surface area (Å²) in [4.78, 5) is 0. The molecule has 0 bridgehead atoms. The average Bonchev–Trinajstić information content (AvgIpc) is 2.17. The van der Waals surface area contributed by atoms with Gasteiger partial charge in [-0.15, -0.1) is 0 Å². The SMILES string of the molecule is ClC(Cl)=C1CC=Cc2ccccc21. The Morgan fingerprint density at radius 3 is 2.69 bits per heavy atom. The molecule has 0 atom stereocenters. The lowest BCUT2D eigenvalue weighted by molar-refractivity contribution is 1.36. The highest BCUT2D eigenvalue weighted by Crippen LogP contribution is 2.33. The van der Waals surface area contributed by atoms with Crippen molar-refractivity contribution >= 4 is 34.9 Å². The topological polar surface area (TPSA) is 0 Å². The Hall–Kier alpha value is -0.720. The normalized spacial score (nSPS) is 14.2. The maximum absolute atomic E-state index is 5.80. The number of allylic oxidation sites excluding steroid dienone is 2. The van der Waals surface area contributed by atoms with Crippen LogP contribution in [-0.2, 0) is 0 Å². The minimum Gasteiger partial charge on any atom is -0.0794 e. The van der Waals surface area contributed by atoms with E-state index in [-0.39, 0.29) is 0 Å². The van der Waals surface area contributed by atoms with E-state index in [1.165, 1.54) is 5.56 Å². The second kappa shape index (κ2) is 3.57. The monoisotopic (exact) mass is 210 g/mol. The van der Waals surface area contributed by atoms with Gasteiger partial charge in [0, 0.05) is 0 Å². The standard InChI is InChI=1S/C11H8Cl2/c12-11(13)10-7-3-5-8-4-1-2-6-9(8)10/h1-6H,7H2. The molecular formula is C11H8Cl2. The van der Waals surface area contributed by atoms with Crippen molar-refractivity contribution in [2.75, 3.05) is 0 Å². The van der Waals surface area contributed by atoms with Crippen LogP contribution in [0.5, 0.6) is 0 Å². The van der Waals surface area contributed by atoms with Crippen molar-refractivity contribution in [1.82, 2.24) is 0 Å². The molecule has 0 aromatic heterocycles. The van der Waals surface area contributed by atoms with Crippen molar-refractivity contribution in [3.63, 3.8) is 0 Å². The quantitative estimate of drug-likeness (QED) is 0.601. The van der Waals surface area contributed by atoms with Crippen molar-refractivity contribution in [2.24, 2.45) is 0 Å². The third-order valence-electron chi connectivity index (χ3n) is 2.13. The van der Waals surface area contributed by atoms with Gasteiger partial charge in [0.25, 0.3) is 0 Å². The predicted molar refractivity (Wildman–Crippen MR) is 58.7 cm³/mol. The molecule has 2 rings (SSSR count). The van der Waals surface area contributed by atoms with E-state index in [9.17, 15) is 0 Å². The van der Waals surface area contributed by atoms with Crippen LogP contribution >= 0.6 is 23.2 Å². The fourth-order valence-corrected chi connectivity index (χ4v) is 1.87. The third-order valence-corrected chi connectivity index (χ3v) is 2.59. The summed E-state index contributed by atoms with van der Waals surface area (Å²) in [6, 6.07) is 8.10. The molecule has 0 heterocycles. The summed E-state index contributed by atoms with van der Waals surface area (Å²) >= 11 is 11.6. The molecule has 0 radical (unpaired) electrons. The number of hydrogen-bond donors (Lipinski definition) is 0. The van der Waals surface area contributed by atoms with E-state index < -0.39 is 0 Å². The molecule has 0 saturated heterocycles. The van der Waals surface area contributed by atoms with Gasteiger partial charge in [0.2, 0.25) is 0 Å². The second-order valence-electron chi connectivity index (χ2n) is 2.93. The van der Waals surface area contributed by atoms with E-state index in [4.69, 9.17) is 23.2 Å². The molecule has 0 unspecified atom stereocenters. The van der Waals surface area contributed by atoms with Gasteiger partial charge in [-0.05, 0) is 23.1 Å². The van der Waals surface area contributed by atoms with Gasteiger partial charge in [-0.25, -0.2) is 0 Å². The molecule has 13 heavy (non-hydrogen) atoms. The number of hydrogen-bond acceptors (Lipinski definition) is 0. The van der Waals surface area contributed by atoms with Crippen LogP contribution in [0.2, 0.25) is 0 Å². The van der Waals surface area contributed by atoms with Crippen molar-refractivity contribution in [1.29, 1.82) is 0 Å². The molecule has 0 aliphatic heterocycles. The lowest BCUT2D eigenvalue weighted by Gasteiger charge is -2.13. The Morgan fingerprint density at radius 2 is 1.92 bits per heavy atom. The molecule has 1 aromatic rings. The first-order chi connectivity index (χ1) is 6.29. The van der Waals surface area contributed by atoms with Gasteiger partial charge in [-0.2, -0.15) is 0 Å². The summed E-state index contributed by atoms with van der Waals surface area (Å²) in [7, 11) is 0. The van der Waals surface area contributed by atoms with Crippen LogP contribution < -0.4 is 0 Å². The first-order valence-electron chi connectivity index (χ1n) is 4.09. The Balaban J connectivity index is 2.63. The van der Waals surface area contributed by atoms with Crippen molar-refractivity contribution in [3.05, 3.63) is 46.0 Å². The molecule has 2 heteroatoms. The highest BCUT2D eigenvalue weighted by atomic mass is 35.5. The van der Waals surface area contributed by atoms with Crippen LogP contribution in [0.15, 0.2) is 34.8 Å². The van der Waals surface area contributed by atoms with Gasteiger partial charge in [0.15, 0.2) is 0 Å². The maximum atomic E-state index is 5.80. The summed E-state index contributed by atoms with van der Waals surface area (Å²) in [5, 5.41) is 0. The third kappa shape index (κ3) is 1.65. The minimum absolute atomic E-state index is 0.372. The van der Waals surface area contributed by atoms with Gasteiger partial charge in [0.1, 0.15) is 4.49 Å². The largest absolute Gasteiger partial charge is 0.110 e. The smallest absolute Gasteiger partial charge is 0.0794 e. The van der Waals surface area contributed by atoms with Crippen LogP contribution in [-0.4, -0.2) is 0 Å². The van der Waals surface area contributed by atoms with Crippen LogP contribution in [0.1, 0.15) is 17.5 Å². The van der Waals surface area contributed by atoms with Gasteiger partial charge >= 0.3 is 0 Å². The van der Waals surface area contributed by atoms with Crippen LogP contribution in [0, 0.1) is 0 Å². The fraction of sp³-hybridized carbons (Fsp3) is 0.0909. The van der Waals surface area contributed by atoms with Gasteiger partial charge in [-0.1, -0.05) is 59.6 Å². The average molecular weight is 211 g/mol. The van der Waals surface area contributed by atoms with Crippen molar-refractivity contribution in [2.45, 2.75) is 6.42 Å². The number of benzene rings is 1. The molecule has 1 aliphatic rings. The molecule has 0 N–H and O–H groups in total. The Kier molecular flexibility index (Phi) is 2.43. The highest BCUT2D eigenvalue weighted by molar-refractivity contribution is 6.58. The molecule has 66 valence electrons. The van der Waals surface area contributed by atoms with Crippen molar-refractivity contribution in [3.8, 4) is 0 Å². The lowest BCUT2D eigenvalue weighted by atomic mass is 9.94. The van der Waals surface area contributed by atoms with Gasteiger partial charge in [0.05, 0.1) is 0 Å². The van der Waals surface area contributed by atoms with E-state index in [0.717, 1.165) is 17.6 Å². The molecule has 0 saturated carbocycles. The summed E-state index contributed by atoms with van der Waals surface area (Å²) in [6.45, 7) is 0. The highest BCUT2D eigenvalue weighted by Gasteiger charge is 2.11. The number of rotatable bonds is 0. The zero-order valence-corrected chi connectivity index (χ0v) is 8.44. The molecule has 1 aliphatic carbocycles. The van der Waals surface area contributed by atoms with E-state index in [1.807, 2.05) is 18.2 Å². The summed E-state index contributed by atoms with van der Waals surface area (Å²) in [5.74, 6) is 0. The predicted octanol–water partition coefficient (Wildman–Crippen LogP) is 4.25. The lowest BCUT2D eigenvalue weighted by Crippen LogP contribution is -1.92. The first kappa shape index (κ1) is 8.86.